The van der Waals surface area contributed by atoms with E-state index in [2.05, 4.69) is 17.1 Å². The van der Waals surface area contributed by atoms with E-state index >= 15 is 0 Å². The number of nitrogens with one attached hydrogen (secondary N) is 1. The van der Waals surface area contributed by atoms with Crippen molar-refractivity contribution in [2.24, 2.45) is 0 Å². The Balaban J connectivity index is 2.19. The minimum atomic E-state index is -4.00. The fourth-order valence-electron chi connectivity index (χ4n) is 1.97. The predicted molar refractivity (Wildman–Crippen MR) is 58.4 cm³/mol. The van der Waals surface area contributed by atoms with Crippen molar-refractivity contribution in [1.82, 2.24) is 10.2 Å². The van der Waals surface area contributed by atoms with Crippen LogP contribution < -0.4 is 5.32 Å². The topological polar surface area (TPSA) is 15.3 Å². The van der Waals surface area contributed by atoms with E-state index in [9.17, 15) is 13.2 Å². The molecule has 0 aromatic heterocycles. The summed E-state index contributed by atoms with van der Waals surface area (Å²) in [4.78, 5) is 2.16. The lowest BCUT2D eigenvalue weighted by molar-refractivity contribution is -0.136. The molecule has 1 rings (SSSR count). The highest BCUT2D eigenvalue weighted by molar-refractivity contribution is 4.70. The lowest BCUT2D eigenvalue weighted by Gasteiger charge is -2.27. The highest BCUT2D eigenvalue weighted by Crippen LogP contribution is 2.21. The first kappa shape index (κ1) is 13.8. The summed E-state index contributed by atoms with van der Waals surface area (Å²) in [5.74, 6) is 0. The van der Waals surface area contributed by atoms with Crippen molar-refractivity contribution in [2.45, 2.75) is 44.8 Å². The molecule has 0 bridgehead atoms. The minimum absolute atomic E-state index is 0.227. The molecule has 0 spiro atoms. The Morgan fingerprint density at radius 2 is 2.06 bits per heavy atom. The largest absolute Gasteiger partial charge is 0.389 e. The van der Waals surface area contributed by atoms with Crippen molar-refractivity contribution in [1.29, 1.82) is 0 Å². The van der Waals surface area contributed by atoms with Crippen LogP contribution in [0.2, 0.25) is 0 Å². The van der Waals surface area contributed by atoms with Crippen LogP contribution in [-0.4, -0.2) is 43.3 Å². The van der Waals surface area contributed by atoms with Crippen molar-refractivity contribution in [3.63, 3.8) is 0 Å². The van der Waals surface area contributed by atoms with Crippen molar-refractivity contribution in [2.75, 3.05) is 26.2 Å². The van der Waals surface area contributed by atoms with Crippen molar-refractivity contribution in [3.8, 4) is 0 Å². The van der Waals surface area contributed by atoms with E-state index in [0.717, 1.165) is 32.5 Å². The van der Waals surface area contributed by atoms with E-state index in [0.29, 0.717) is 12.6 Å². The summed E-state index contributed by atoms with van der Waals surface area (Å²) in [5.41, 5.74) is 0. The number of alkyl halides is 3. The third kappa shape index (κ3) is 6.33. The first-order valence-electron chi connectivity index (χ1n) is 6.00. The molecular formula is C11H21F3N2. The van der Waals surface area contributed by atoms with Crippen molar-refractivity contribution >= 4 is 0 Å². The van der Waals surface area contributed by atoms with Crippen LogP contribution >= 0.6 is 0 Å². The smallest absolute Gasteiger partial charge is 0.314 e. The molecule has 0 radical (unpaired) electrons. The minimum Gasteiger partial charge on any atom is -0.314 e. The van der Waals surface area contributed by atoms with E-state index in [-0.39, 0.29) is 6.42 Å². The second-order valence-electron chi connectivity index (χ2n) is 4.56. The Morgan fingerprint density at radius 3 is 2.75 bits per heavy atom. The van der Waals surface area contributed by atoms with Crippen LogP contribution in [0.3, 0.4) is 0 Å². The summed E-state index contributed by atoms with van der Waals surface area (Å²) in [7, 11) is 0. The second-order valence-corrected chi connectivity index (χ2v) is 4.56. The molecular weight excluding hydrogens is 217 g/mol. The molecule has 0 aromatic carbocycles. The molecule has 1 aliphatic heterocycles. The monoisotopic (exact) mass is 238 g/mol. The molecule has 0 aromatic rings. The van der Waals surface area contributed by atoms with Gasteiger partial charge in [0.25, 0.3) is 0 Å². The summed E-state index contributed by atoms with van der Waals surface area (Å²) in [5, 5.41) is 3.38. The van der Waals surface area contributed by atoms with Crippen LogP contribution in [0.15, 0.2) is 0 Å². The van der Waals surface area contributed by atoms with Gasteiger partial charge < -0.3 is 10.2 Å². The molecule has 1 heterocycles. The molecule has 16 heavy (non-hydrogen) atoms. The van der Waals surface area contributed by atoms with Gasteiger partial charge in [-0.2, -0.15) is 13.2 Å². The Hall–Kier alpha value is -0.290. The van der Waals surface area contributed by atoms with Crippen LogP contribution in [0, 0.1) is 0 Å². The van der Waals surface area contributed by atoms with Gasteiger partial charge in [0.05, 0.1) is 0 Å². The van der Waals surface area contributed by atoms with Gasteiger partial charge in [0, 0.05) is 12.5 Å². The van der Waals surface area contributed by atoms with Gasteiger partial charge >= 0.3 is 6.18 Å². The van der Waals surface area contributed by atoms with Gasteiger partial charge in [-0.25, -0.2) is 0 Å². The first-order valence-corrected chi connectivity index (χ1v) is 6.00. The third-order valence-electron chi connectivity index (χ3n) is 2.96. The van der Waals surface area contributed by atoms with E-state index in [1.165, 1.54) is 0 Å². The summed E-state index contributed by atoms with van der Waals surface area (Å²) in [6, 6.07) is 0.477. The van der Waals surface area contributed by atoms with E-state index < -0.39 is 12.6 Å². The van der Waals surface area contributed by atoms with Crippen LogP contribution in [0.5, 0.6) is 0 Å². The fourth-order valence-corrected chi connectivity index (χ4v) is 1.97. The van der Waals surface area contributed by atoms with Crippen molar-refractivity contribution < 1.29 is 13.2 Å². The van der Waals surface area contributed by atoms with Gasteiger partial charge in [0.2, 0.25) is 0 Å². The zero-order valence-corrected chi connectivity index (χ0v) is 9.82. The molecule has 1 N–H and O–H groups in total. The third-order valence-corrected chi connectivity index (χ3v) is 2.96. The molecule has 0 amide bonds. The van der Waals surface area contributed by atoms with Gasteiger partial charge in [-0.3, -0.25) is 0 Å². The predicted octanol–water partition coefficient (Wildman–Crippen LogP) is 2.40. The molecule has 96 valence electrons. The number of hydrogen-bond donors (Lipinski definition) is 1. The first-order chi connectivity index (χ1) is 7.47. The summed E-state index contributed by atoms with van der Waals surface area (Å²) < 4.78 is 36.0. The average molecular weight is 238 g/mol. The zero-order valence-electron chi connectivity index (χ0n) is 9.82. The van der Waals surface area contributed by atoms with E-state index in [1.807, 2.05) is 0 Å². The second kappa shape index (κ2) is 6.45. The van der Waals surface area contributed by atoms with E-state index in [1.54, 1.807) is 0 Å². The van der Waals surface area contributed by atoms with Crippen LogP contribution in [0.4, 0.5) is 13.2 Å². The van der Waals surface area contributed by atoms with Gasteiger partial charge in [0.15, 0.2) is 0 Å². The summed E-state index contributed by atoms with van der Waals surface area (Å²) >= 11 is 0. The molecule has 0 saturated carbocycles. The maximum absolute atomic E-state index is 12.0. The van der Waals surface area contributed by atoms with Crippen LogP contribution in [0.25, 0.3) is 0 Å². The van der Waals surface area contributed by atoms with Gasteiger partial charge in [-0.1, -0.05) is 0 Å². The molecule has 1 atom stereocenters. The van der Waals surface area contributed by atoms with Crippen molar-refractivity contribution in [3.05, 3.63) is 0 Å². The van der Waals surface area contributed by atoms with Gasteiger partial charge in [-0.05, 0) is 52.4 Å². The standard InChI is InChI=1S/C11H21F3N2/c1-10-4-9-16(8-3-6-15-10)7-2-5-11(12,13)14/h10,15H,2-9H2,1H3. The maximum Gasteiger partial charge on any atom is 0.389 e. The molecule has 2 nitrogen and oxygen atoms in total. The molecule has 0 aliphatic carbocycles. The Labute approximate surface area is 95.2 Å². The maximum atomic E-state index is 12.0. The van der Waals surface area contributed by atoms with Crippen LogP contribution in [0.1, 0.15) is 32.6 Å². The Kier molecular flexibility index (Phi) is 5.55. The molecule has 5 heteroatoms. The Bertz CT molecular complexity index is 194. The number of hydrogen-bond acceptors (Lipinski definition) is 2. The van der Waals surface area contributed by atoms with Crippen LogP contribution in [-0.2, 0) is 0 Å². The van der Waals surface area contributed by atoms with Gasteiger partial charge in [0.1, 0.15) is 0 Å². The Morgan fingerprint density at radius 1 is 1.31 bits per heavy atom. The molecule has 1 aliphatic rings. The average Bonchev–Trinajstić information content (AvgIpc) is 2.14. The molecule has 1 saturated heterocycles. The summed E-state index contributed by atoms with van der Waals surface area (Å²) in [6.07, 6.45) is -2.39. The number of nitrogens with zero attached hydrogens (tertiary/aromatic N) is 1. The fraction of sp³-hybridized carbons (Fsp3) is 1.00. The lowest BCUT2D eigenvalue weighted by atomic mass is 10.1. The number of rotatable bonds is 3. The highest BCUT2D eigenvalue weighted by Gasteiger charge is 2.26. The quantitative estimate of drug-likeness (QED) is 0.812. The van der Waals surface area contributed by atoms with E-state index in [4.69, 9.17) is 0 Å². The zero-order chi connectivity index (χ0) is 12.0. The number of halogens is 3. The SMILES string of the molecule is CC1CCN(CCCC(F)(F)F)CCCN1. The highest BCUT2D eigenvalue weighted by atomic mass is 19.4. The normalized spacial score (nSPS) is 25.1. The van der Waals surface area contributed by atoms with Gasteiger partial charge in [-0.15, -0.1) is 0 Å². The molecule has 1 fully saturated rings. The molecule has 1 unspecified atom stereocenters. The lowest BCUT2D eigenvalue weighted by Crippen LogP contribution is -2.38. The summed E-state index contributed by atoms with van der Waals surface area (Å²) in [6.45, 7) is 5.49.